The van der Waals surface area contributed by atoms with Crippen molar-refractivity contribution in [3.63, 3.8) is 0 Å². The Kier molecular flexibility index (Phi) is 7.51. The molecule has 0 bridgehead atoms. The number of nitrogens with zero attached hydrogens (tertiary/aromatic N) is 1. The van der Waals surface area contributed by atoms with Crippen molar-refractivity contribution in [2.45, 2.75) is 39.0 Å². The zero-order chi connectivity index (χ0) is 15.4. The second kappa shape index (κ2) is 8.08. The summed E-state index contributed by atoms with van der Waals surface area (Å²) in [6.07, 6.45) is -0.947. The van der Waals surface area contributed by atoms with E-state index < -0.39 is 18.1 Å². The highest BCUT2D eigenvalue weighted by atomic mass is 35.5. The Morgan fingerprint density at radius 2 is 2.00 bits per heavy atom. The molecule has 2 atom stereocenters. The second-order valence-corrected chi connectivity index (χ2v) is 5.12. The standard InChI is InChI=1S/C12H21N3O5.ClH/c1-6(2)3-7(11(13)18)8-4-10(17)15(12(8)19)5-9(16)14-20;/h4,6-7,9,14,16-17,19-20H,3,5H2,1-2H3,(H2,13,18);1H/t7-,9-;/m0./s1. The summed E-state index contributed by atoms with van der Waals surface area (Å²) in [5.41, 5.74) is 7.11. The summed E-state index contributed by atoms with van der Waals surface area (Å²) in [5.74, 6) is -1.86. The van der Waals surface area contributed by atoms with Gasteiger partial charge in [0.15, 0.2) is 11.8 Å². The van der Waals surface area contributed by atoms with E-state index in [-0.39, 0.29) is 42.2 Å². The van der Waals surface area contributed by atoms with Gasteiger partial charge in [-0.3, -0.25) is 9.36 Å². The number of aromatic nitrogens is 1. The summed E-state index contributed by atoms with van der Waals surface area (Å²) in [4.78, 5) is 11.5. The van der Waals surface area contributed by atoms with Crippen molar-refractivity contribution in [1.29, 1.82) is 0 Å². The van der Waals surface area contributed by atoms with E-state index in [1.54, 1.807) is 5.48 Å². The average molecular weight is 324 g/mol. The first-order chi connectivity index (χ1) is 9.27. The van der Waals surface area contributed by atoms with Gasteiger partial charge in [0.1, 0.15) is 6.23 Å². The first-order valence-electron chi connectivity index (χ1n) is 6.26. The van der Waals surface area contributed by atoms with E-state index in [0.717, 1.165) is 4.57 Å². The highest BCUT2D eigenvalue weighted by molar-refractivity contribution is 5.85. The number of hydrogen-bond donors (Lipinski definition) is 6. The molecule has 9 heteroatoms. The van der Waals surface area contributed by atoms with E-state index in [1.165, 1.54) is 6.07 Å². The number of carbonyl (C=O) groups is 1. The van der Waals surface area contributed by atoms with Crippen LogP contribution in [-0.2, 0) is 11.3 Å². The molecule has 0 saturated heterocycles. The fourth-order valence-corrected chi connectivity index (χ4v) is 2.06. The molecule has 1 rings (SSSR count). The van der Waals surface area contributed by atoms with Gasteiger partial charge in [0.25, 0.3) is 0 Å². The van der Waals surface area contributed by atoms with Crippen molar-refractivity contribution >= 4 is 18.3 Å². The smallest absolute Gasteiger partial charge is 0.225 e. The number of halogens is 1. The van der Waals surface area contributed by atoms with Crippen molar-refractivity contribution in [2.24, 2.45) is 11.7 Å². The van der Waals surface area contributed by atoms with Crippen molar-refractivity contribution in [2.75, 3.05) is 0 Å². The molecule has 0 aliphatic rings. The molecule has 0 fully saturated rings. The van der Waals surface area contributed by atoms with Crippen LogP contribution in [0.5, 0.6) is 11.8 Å². The molecule has 0 unspecified atom stereocenters. The maximum Gasteiger partial charge on any atom is 0.225 e. The van der Waals surface area contributed by atoms with E-state index >= 15 is 0 Å². The van der Waals surface area contributed by atoms with Crippen LogP contribution < -0.4 is 11.2 Å². The number of primary amides is 1. The van der Waals surface area contributed by atoms with Crippen LogP contribution in [0.15, 0.2) is 6.07 Å². The number of hydroxylamine groups is 1. The molecule has 0 aliphatic heterocycles. The molecule has 0 saturated carbocycles. The number of nitrogens with one attached hydrogen (secondary N) is 1. The van der Waals surface area contributed by atoms with Crippen LogP contribution in [0.25, 0.3) is 0 Å². The zero-order valence-electron chi connectivity index (χ0n) is 11.9. The fourth-order valence-electron chi connectivity index (χ4n) is 2.06. The van der Waals surface area contributed by atoms with Crippen LogP contribution in [0.2, 0.25) is 0 Å². The van der Waals surface area contributed by atoms with Gasteiger partial charge in [-0.1, -0.05) is 13.8 Å². The number of nitrogens with two attached hydrogens (primary N) is 1. The van der Waals surface area contributed by atoms with Crippen molar-refractivity contribution in [3.05, 3.63) is 11.6 Å². The lowest BCUT2D eigenvalue weighted by atomic mass is 9.91. The molecule has 8 nitrogen and oxygen atoms in total. The summed E-state index contributed by atoms with van der Waals surface area (Å²) in [5, 5.41) is 37.6. The van der Waals surface area contributed by atoms with Gasteiger partial charge < -0.3 is 26.3 Å². The summed E-state index contributed by atoms with van der Waals surface area (Å²) in [6, 6.07) is 1.23. The molecule has 7 N–H and O–H groups in total. The van der Waals surface area contributed by atoms with E-state index in [0.29, 0.717) is 6.42 Å². The van der Waals surface area contributed by atoms with Crippen LogP contribution in [0, 0.1) is 5.92 Å². The van der Waals surface area contributed by atoms with Gasteiger partial charge in [0.05, 0.1) is 12.5 Å². The number of amides is 1. The maximum absolute atomic E-state index is 11.5. The molecular weight excluding hydrogens is 302 g/mol. The zero-order valence-corrected chi connectivity index (χ0v) is 12.7. The first-order valence-corrected chi connectivity index (χ1v) is 6.26. The van der Waals surface area contributed by atoms with E-state index in [2.05, 4.69) is 0 Å². The third kappa shape index (κ3) is 4.78. The number of aliphatic hydroxyl groups excluding tert-OH is 1. The second-order valence-electron chi connectivity index (χ2n) is 5.12. The molecular formula is C12H22ClN3O5. The lowest BCUT2D eigenvalue weighted by molar-refractivity contribution is -0.119. The molecule has 0 aromatic carbocycles. The van der Waals surface area contributed by atoms with Crippen LogP contribution in [0.4, 0.5) is 0 Å². The Morgan fingerprint density at radius 3 is 2.43 bits per heavy atom. The van der Waals surface area contributed by atoms with E-state index in [1.807, 2.05) is 13.8 Å². The number of rotatable bonds is 7. The molecule has 0 spiro atoms. The Hall–Kier alpha value is -1.48. The van der Waals surface area contributed by atoms with Crippen molar-refractivity contribution < 1.29 is 25.3 Å². The number of carbonyl (C=O) groups excluding carboxylic acids is 1. The minimum absolute atomic E-state index is 0. The van der Waals surface area contributed by atoms with Crippen molar-refractivity contribution in [3.8, 4) is 11.8 Å². The molecule has 1 aromatic heterocycles. The molecule has 1 aromatic rings. The normalized spacial score (nSPS) is 13.8. The SMILES string of the molecule is CC(C)C[C@H](C(N)=O)c1cc(O)n(C[C@H](O)NO)c1O.Cl. The maximum atomic E-state index is 11.5. The Bertz CT molecular complexity index is 478. The molecule has 1 amide bonds. The monoisotopic (exact) mass is 323 g/mol. The Morgan fingerprint density at radius 1 is 1.43 bits per heavy atom. The summed E-state index contributed by atoms with van der Waals surface area (Å²) in [7, 11) is 0. The van der Waals surface area contributed by atoms with Gasteiger partial charge in [-0.15, -0.1) is 12.4 Å². The highest BCUT2D eigenvalue weighted by Crippen LogP contribution is 2.36. The van der Waals surface area contributed by atoms with Crippen molar-refractivity contribution in [1.82, 2.24) is 10.0 Å². The fraction of sp³-hybridized carbons (Fsp3) is 0.583. The van der Waals surface area contributed by atoms with Gasteiger partial charge in [-0.2, -0.15) is 5.48 Å². The molecule has 21 heavy (non-hydrogen) atoms. The minimum atomic E-state index is -1.37. The molecule has 0 aliphatic carbocycles. The topological polar surface area (TPSA) is 141 Å². The Balaban J connectivity index is 0.00000400. The van der Waals surface area contributed by atoms with Gasteiger partial charge >= 0.3 is 0 Å². The highest BCUT2D eigenvalue weighted by Gasteiger charge is 2.27. The number of aromatic hydroxyl groups is 2. The number of hydrogen-bond acceptors (Lipinski definition) is 6. The average Bonchev–Trinajstić information content (AvgIpc) is 2.63. The summed E-state index contributed by atoms with van der Waals surface area (Å²) >= 11 is 0. The van der Waals surface area contributed by atoms with Gasteiger partial charge in [-0.05, 0) is 12.3 Å². The third-order valence-electron chi connectivity index (χ3n) is 3.01. The quantitative estimate of drug-likeness (QED) is 0.313. The first kappa shape index (κ1) is 19.5. The Labute approximate surface area is 128 Å². The predicted molar refractivity (Wildman–Crippen MR) is 77.3 cm³/mol. The van der Waals surface area contributed by atoms with Crippen LogP contribution in [0.1, 0.15) is 31.7 Å². The molecule has 122 valence electrons. The van der Waals surface area contributed by atoms with Crippen LogP contribution in [-0.4, -0.2) is 37.2 Å². The predicted octanol–water partition coefficient (Wildman–Crippen LogP) is 0.233. The molecule has 0 radical (unpaired) electrons. The molecule has 1 heterocycles. The lowest BCUT2D eigenvalue weighted by Gasteiger charge is -2.16. The summed E-state index contributed by atoms with van der Waals surface area (Å²) < 4.78 is 0.972. The van der Waals surface area contributed by atoms with Crippen LogP contribution in [0.3, 0.4) is 0 Å². The van der Waals surface area contributed by atoms with E-state index in [9.17, 15) is 20.1 Å². The number of aliphatic hydroxyl groups is 1. The third-order valence-corrected chi connectivity index (χ3v) is 3.01. The van der Waals surface area contributed by atoms with Gasteiger partial charge in [0.2, 0.25) is 5.91 Å². The minimum Gasteiger partial charge on any atom is -0.494 e. The van der Waals surface area contributed by atoms with Gasteiger partial charge in [-0.25, -0.2) is 0 Å². The van der Waals surface area contributed by atoms with E-state index in [4.69, 9.17) is 10.9 Å². The lowest BCUT2D eigenvalue weighted by Crippen LogP contribution is -2.29. The van der Waals surface area contributed by atoms with Crippen LogP contribution >= 0.6 is 12.4 Å². The van der Waals surface area contributed by atoms with Gasteiger partial charge in [0, 0.05) is 11.6 Å². The largest absolute Gasteiger partial charge is 0.494 e. The summed E-state index contributed by atoms with van der Waals surface area (Å²) in [6.45, 7) is 3.52.